The largest absolute Gasteiger partial charge is 0.548 e. The van der Waals surface area contributed by atoms with Crippen LogP contribution in [0.15, 0.2) is 125 Å². The minimum absolute atomic E-state index is 0.262. The normalized spacial score (nSPS) is 17.9. The number of carbonyl (C=O) groups is 2. The van der Waals surface area contributed by atoms with E-state index < -0.39 is 40.1 Å². The van der Waals surface area contributed by atoms with Crippen LogP contribution in [0.1, 0.15) is 25.3 Å². The van der Waals surface area contributed by atoms with Crippen molar-refractivity contribution in [2.45, 2.75) is 31.5 Å². The van der Waals surface area contributed by atoms with Gasteiger partial charge in [0, 0.05) is 59.0 Å². The lowest BCUT2D eigenvalue weighted by atomic mass is 10.1. The molecular weight excluding hydrogens is 803 g/mol. The lowest BCUT2D eigenvalue weighted by molar-refractivity contribution is -0.651. The van der Waals surface area contributed by atoms with Gasteiger partial charge in [-0.2, -0.15) is 17.2 Å². The molecule has 1 fully saturated rings. The van der Waals surface area contributed by atoms with Crippen LogP contribution in [-0.4, -0.2) is 67.7 Å². The van der Waals surface area contributed by atoms with Crippen molar-refractivity contribution in [2.75, 3.05) is 35.4 Å². The maximum Gasteiger partial charge on any atom is 0.374 e. The number of nitrogens with zero attached hydrogens (tertiary/aromatic N) is 4. The zero-order chi connectivity index (χ0) is 42.5. The Hall–Kier alpha value is -6.29. The Balaban J connectivity index is 0.000000218. The van der Waals surface area contributed by atoms with Crippen molar-refractivity contribution in [1.29, 1.82) is 0 Å². The van der Waals surface area contributed by atoms with E-state index >= 15 is 0 Å². The number of allylic oxidation sites excluding steroid dienone is 2. The van der Waals surface area contributed by atoms with Crippen LogP contribution in [0.5, 0.6) is 5.75 Å². The summed E-state index contributed by atoms with van der Waals surface area (Å²) in [5.74, 6) is 0.00246. The summed E-state index contributed by atoms with van der Waals surface area (Å²) in [6, 6.07) is 30.8. The van der Waals surface area contributed by atoms with Crippen LogP contribution in [0.3, 0.4) is 0 Å². The Morgan fingerprint density at radius 2 is 1.63 bits per heavy atom. The fourth-order valence-corrected chi connectivity index (χ4v) is 9.42. The Morgan fingerprint density at radius 1 is 0.983 bits per heavy atom. The third-order valence-corrected chi connectivity index (χ3v) is 12.1. The minimum Gasteiger partial charge on any atom is -0.548 e. The molecule has 0 spiro atoms. The molecule has 60 heavy (non-hydrogen) atoms. The number of benzene rings is 5. The maximum absolute atomic E-state index is 12.0. The Labute approximate surface area is 351 Å². The minimum atomic E-state index is -3.58. The molecule has 3 atom stereocenters. The van der Waals surface area contributed by atoms with Crippen molar-refractivity contribution in [1.82, 2.24) is 9.29 Å². The summed E-state index contributed by atoms with van der Waals surface area (Å²) in [4.78, 5) is 27.0. The number of hydrogen-bond donors (Lipinski definition) is 3. The van der Waals surface area contributed by atoms with E-state index in [4.69, 9.17) is 9.15 Å². The van der Waals surface area contributed by atoms with Crippen molar-refractivity contribution in [2.24, 2.45) is 7.05 Å². The van der Waals surface area contributed by atoms with Gasteiger partial charge in [-0.1, -0.05) is 60.7 Å². The monoisotopic (exact) mass is 845 g/mol. The molecule has 9 rings (SSSR count). The van der Waals surface area contributed by atoms with Gasteiger partial charge in [0.1, 0.15) is 13.1 Å². The third kappa shape index (κ3) is 7.55. The highest BCUT2D eigenvalue weighted by Gasteiger charge is 2.38. The number of nitrogens with one attached hydrogen (secondary N) is 1. The summed E-state index contributed by atoms with van der Waals surface area (Å²) in [6.45, 7) is 2.33. The van der Waals surface area contributed by atoms with Gasteiger partial charge >= 0.3 is 11.9 Å². The van der Waals surface area contributed by atoms with E-state index in [1.807, 2.05) is 120 Å². The average molecular weight is 846 g/mol. The molecule has 2 N–H and O–H groups in total. The number of para-hydroxylation sites is 2. The smallest absolute Gasteiger partial charge is 0.374 e. The molecule has 0 radical (unpaired) electrons. The van der Waals surface area contributed by atoms with Gasteiger partial charge < -0.3 is 38.5 Å². The van der Waals surface area contributed by atoms with E-state index in [9.17, 15) is 28.2 Å². The second kappa shape index (κ2) is 16.0. The first-order valence-corrected chi connectivity index (χ1v) is 21.8. The fraction of sp³-hybridized carbons (Fsp3) is 0.222. The van der Waals surface area contributed by atoms with Gasteiger partial charge in [-0.25, -0.2) is 17.9 Å². The van der Waals surface area contributed by atoms with E-state index in [-0.39, 0.29) is 5.75 Å². The number of fused-ring (bicyclic) bond motifs is 7. The second-order valence-corrected chi connectivity index (χ2v) is 17.1. The summed E-state index contributed by atoms with van der Waals surface area (Å²) >= 11 is 4.19. The van der Waals surface area contributed by atoms with Gasteiger partial charge in [-0.3, -0.25) is 0 Å². The van der Waals surface area contributed by atoms with Gasteiger partial charge in [0.15, 0.2) is 5.75 Å². The quantitative estimate of drug-likeness (QED) is 0.120. The molecule has 0 saturated carbocycles. The molecule has 3 unspecified atom stereocenters. The van der Waals surface area contributed by atoms with Gasteiger partial charge in [0.25, 0.3) is 5.52 Å². The molecule has 2 aliphatic heterocycles. The summed E-state index contributed by atoms with van der Waals surface area (Å²) in [5.41, 5.74) is 6.01. The molecule has 0 bridgehead atoms. The molecule has 308 valence electrons. The molecule has 2 aliphatic rings. The molecular formula is C45H43N5O8S2. The maximum atomic E-state index is 12.0. The lowest BCUT2D eigenvalue weighted by Crippen LogP contribution is -2.54. The SMILES string of the molecule is CC(/C=C1\Oc2ccc(N3CCC(NS(C)(=O)=O)C3C(=O)[O-])cc2N1C)=C\c1oc2ccc3ccccc3c2[n+]1C.O=C(O)C(CS)n1c2ccccc2c2ccccc21. The van der Waals surface area contributed by atoms with Crippen LogP contribution < -0.4 is 28.9 Å². The summed E-state index contributed by atoms with van der Waals surface area (Å²) in [6.07, 6.45) is 5.23. The van der Waals surface area contributed by atoms with Crippen LogP contribution in [0.4, 0.5) is 11.4 Å². The predicted octanol–water partition coefficient (Wildman–Crippen LogP) is 5.78. The standard InChI is InChI=1S/C30H30N4O6S.C15H13NO2S/c1-18(16-27-33(3)28-21-8-6-5-7-19(21)9-11-25(28)40-27)15-26-32(2)23-17-20(10-12-24(23)39-26)34-14-13-22(29(34)30(35)36)31-41(4,37)38;17-15(18)14(9-19)16-12-7-3-1-5-10(12)11-6-2-4-8-13(11)16/h5-12,15-17,22,29,31H,13-14H2,1-4H3;1-8,14,19H,9H2,(H,17,18). The highest BCUT2D eigenvalue weighted by Crippen LogP contribution is 2.42. The predicted molar refractivity (Wildman–Crippen MR) is 235 cm³/mol. The molecule has 2 aromatic heterocycles. The van der Waals surface area contributed by atoms with Crippen molar-refractivity contribution >= 4 is 95.7 Å². The van der Waals surface area contributed by atoms with E-state index in [1.165, 1.54) is 0 Å². The molecule has 13 nitrogen and oxygen atoms in total. The number of aliphatic carboxylic acids is 2. The number of anilines is 2. The summed E-state index contributed by atoms with van der Waals surface area (Å²) < 4.78 is 42.2. The number of aromatic nitrogens is 2. The van der Waals surface area contributed by atoms with E-state index in [0.29, 0.717) is 36.2 Å². The fourth-order valence-electron chi connectivity index (χ4n) is 8.30. The van der Waals surface area contributed by atoms with E-state index in [1.54, 1.807) is 17.0 Å². The Morgan fingerprint density at radius 3 is 2.27 bits per heavy atom. The molecule has 0 aliphatic carbocycles. The number of ether oxygens (including phenoxy) is 1. The van der Waals surface area contributed by atoms with E-state index in [2.05, 4.69) is 35.5 Å². The van der Waals surface area contributed by atoms with Gasteiger partial charge in [-0.15, -0.1) is 0 Å². The van der Waals surface area contributed by atoms with Gasteiger partial charge in [0.2, 0.25) is 21.5 Å². The Kier molecular flexibility index (Phi) is 10.8. The summed E-state index contributed by atoms with van der Waals surface area (Å²) in [5, 5.41) is 25.8. The molecule has 4 heterocycles. The highest BCUT2D eigenvalue weighted by atomic mass is 32.2. The molecule has 5 aromatic carbocycles. The van der Waals surface area contributed by atoms with Crippen LogP contribution in [-0.2, 0) is 26.7 Å². The number of carboxylic acid groups (broad SMARTS) is 2. The number of rotatable bonds is 9. The first-order valence-electron chi connectivity index (χ1n) is 19.3. The van der Waals surface area contributed by atoms with Crippen LogP contribution in [0.25, 0.3) is 49.8 Å². The number of aryl methyl sites for hydroxylation is 1. The number of carboxylic acids is 2. The van der Waals surface area contributed by atoms with Gasteiger partial charge in [-0.05, 0) is 66.8 Å². The molecule has 0 amide bonds. The number of carbonyl (C=O) groups excluding carboxylic acids is 1. The zero-order valence-electron chi connectivity index (χ0n) is 33.3. The van der Waals surface area contributed by atoms with Crippen LogP contribution >= 0.6 is 12.6 Å². The first kappa shape index (κ1) is 40.5. The number of oxazole rings is 1. The van der Waals surface area contributed by atoms with Crippen LogP contribution in [0.2, 0.25) is 0 Å². The topological polar surface area (TPSA) is 161 Å². The second-order valence-electron chi connectivity index (χ2n) is 15.0. The van der Waals surface area contributed by atoms with E-state index in [0.717, 1.165) is 61.2 Å². The lowest BCUT2D eigenvalue weighted by Gasteiger charge is -2.31. The first-order chi connectivity index (χ1) is 28.7. The van der Waals surface area contributed by atoms with Crippen molar-refractivity contribution in [3.8, 4) is 5.75 Å². The number of sulfonamides is 1. The Bertz CT molecular complexity index is 2960. The molecule has 7 aromatic rings. The van der Waals surface area contributed by atoms with Crippen molar-refractivity contribution in [3.05, 3.63) is 127 Å². The third-order valence-electron chi connectivity index (χ3n) is 11.0. The zero-order valence-corrected chi connectivity index (χ0v) is 35.0. The average Bonchev–Trinajstić information content (AvgIpc) is 3.96. The molecule has 1 saturated heterocycles. The van der Waals surface area contributed by atoms with Crippen LogP contribution in [0, 0.1) is 0 Å². The summed E-state index contributed by atoms with van der Waals surface area (Å²) in [7, 11) is 0.275. The molecule has 15 heteroatoms. The highest BCUT2D eigenvalue weighted by molar-refractivity contribution is 7.88. The van der Waals surface area contributed by atoms with Crippen molar-refractivity contribution < 1.29 is 41.9 Å². The number of thiol groups is 1. The number of hydrogen-bond acceptors (Lipinski definition) is 10. The van der Waals surface area contributed by atoms with Crippen molar-refractivity contribution in [3.63, 3.8) is 0 Å². The van der Waals surface area contributed by atoms with Gasteiger partial charge in [0.05, 0.1) is 35.4 Å².